The molecule has 0 bridgehead atoms. The first-order valence-corrected chi connectivity index (χ1v) is 7.74. The van der Waals surface area contributed by atoms with Crippen molar-refractivity contribution in [3.63, 3.8) is 0 Å². The van der Waals surface area contributed by atoms with Crippen molar-refractivity contribution in [3.05, 3.63) is 64.7 Å². The summed E-state index contributed by atoms with van der Waals surface area (Å²) >= 11 is 5.74. The normalized spacial score (nSPS) is 10.9. The van der Waals surface area contributed by atoms with Gasteiger partial charge in [-0.25, -0.2) is 0 Å². The maximum atomic E-state index is 12.6. The molecule has 0 aromatic heterocycles. The van der Waals surface area contributed by atoms with Crippen molar-refractivity contribution in [1.29, 1.82) is 0 Å². The zero-order chi connectivity index (χ0) is 19.2. The number of hydrogen-bond acceptors (Lipinski definition) is 3. The van der Waals surface area contributed by atoms with Gasteiger partial charge in [-0.05, 0) is 35.9 Å². The Bertz CT molecular complexity index is 780. The lowest BCUT2D eigenvalue weighted by Gasteiger charge is -2.11. The van der Waals surface area contributed by atoms with Crippen molar-refractivity contribution >= 4 is 23.4 Å². The van der Waals surface area contributed by atoms with Crippen LogP contribution < -0.4 is 15.6 Å². The Morgan fingerprint density at radius 2 is 1.65 bits per heavy atom. The Morgan fingerprint density at radius 3 is 2.31 bits per heavy atom. The molecule has 138 valence electrons. The lowest BCUT2D eigenvalue weighted by molar-refractivity contribution is -0.137. The Balaban J connectivity index is 1.77. The Morgan fingerprint density at radius 1 is 1.00 bits per heavy atom. The summed E-state index contributed by atoms with van der Waals surface area (Å²) in [5.41, 5.74) is 4.12. The van der Waals surface area contributed by atoms with Crippen LogP contribution in [0.25, 0.3) is 0 Å². The highest BCUT2D eigenvalue weighted by Crippen LogP contribution is 2.31. The summed E-state index contributed by atoms with van der Waals surface area (Å²) in [4.78, 5) is 23.3. The highest BCUT2D eigenvalue weighted by molar-refractivity contribution is 6.30. The molecule has 26 heavy (non-hydrogen) atoms. The van der Waals surface area contributed by atoms with Crippen LogP contribution in [0.2, 0.25) is 5.02 Å². The van der Waals surface area contributed by atoms with Gasteiger partial charge in [0, 0.05) is 5.02 Å². The summed E-state index contributed by atoms with van der Waals surface area (Å²) in [6.07, 6.45) is -4.48. The van der Waals surface area contributed by atoms with Gasteiger partial charge in [0.25, 0.3) is 5.91 Å². The van der Waals surface area contributed by atoms with Gasteiger partial charge in [-0.1, -0.05) is 29.8 Å². The molecular weight excluding hydrogens is 373 g/mol. The number of carbonyl (C=O) groups is 2. The van der Waals surface area contributed by atoms with E-state index in [1.807, 2.05) is 0 Å². The predicted molar refractivity (Wildman–Crippen MR) is 88.4 cm³/mol. The third-order valence-electron chi connectivity index (χ3n) is 3.15. The number of rotatable bonds is 5. The fraction of sp³-hybridized carbons (Fsp3) is 0.176. The van der Waals surface area contributed by atoms with Gasteiger partial charge in [0.2, 0.25) is 5.91 Å². The zero-order valence-electron chi connectivity index (χ0n) is 13.3. The minimum Gasteiger partial charge on any atom is -0.484 e. The van der Waals surface area contributed by atoms with E-state index < -0.39 is 30.2 Å². The molecule has 0 aliphatic heterocycles. The molecule has 2 aromatic carbocycles. The Labute approximate surface area is 152 Å². The summed E-state index contributed by atoms with van der Waals surface area (Å²) in [6, 6.07) is 10.7. The van der Waals surface area contributed by atoms with E-state index in [4.69, 9.17) is 16.3 Å². The largest absolute Gasteiger partial charge is 0.484 e. The molecule has 0 heterocycles. The summed E-state index contributed by atoms with van der Waals surface area (Å²) in [5.74, 6) is -1.30. The lowest BCUT2D eigenvalue weighted by Crippen LogP contribution is -2.44. The molecule has 0 radical (unpaired) electrons. The number of ether oxygens (including phenoxy) is 1. The first-order chi connectivity index (χ1) is 12.2. The minimum absolute atomic E-state index is 0.0198. The van der Waals surface area contributed by atoms with Crippen molar-refractivity contribution in [3.8, 4) is 5.75 Å². The molecule has 0 atom stereocenters. The van der Waals surface area contributed by atoms with E-state index in [-0.39, 0.29) is 12.2 Å². The molecule has 0 saturated carbocycles. The van der Waals surface area contributed by atoms with Gasteiger partial charge in [0.1, 0.15) is 5.75 Å². The first kappa shape index (κ1) is 19.6. The van der Waals surface area contributed by atoms with Crippen LogP contribution in [0.3, 0.4) is 0 Å². The monoisotopic (exact) mass is 386 g/mol. The topological polar surface area (TPSA) is 67.4 Å². The highest BCUT2D eigenvalue weighted by atomic mass is 35.5. The molecule has 2 amide bonds. The maximum absolute atomic E-state index is 12.6. The van der Waals surface area contributed by atoms with Crippen molar-refractivity contribution in [1.82, 2.24) is 10.9 Å². The van der Waals surface area contributed by atoms with Crippen LogP contribution in [0.1, 0.15) is 11.1 Å². The number of alkyl halides is 3. The molecule has 9 heteroatoms. The molecule has 0 fully saturated rings. The van der Waals surface area contributed by atoms with E-state index in [0.29, 0.717) is 10.6 Å². The second-order valence-corrected chi connectivity index (χ2v) is 5.65. The highest BCUT2D eigenvalue weighted by Gasteiger charge is 2.30. The number of nitrogens with one attached hydrogen (secondary N) is 2. The predicted octanol–water partition coefficient (Wildman–Crippen LogP) is 3.13. The van der Waals surface area contributed by atoms with Gasteiger partial charge in [-0.15, -0.1) is 0 Å². The van der Waals surface area contributed by atoms with Gasteiger partial charge in [0.15, 0.2) is 6.61 Å². The fourth-order valence-corrected chi connectivity index (χ4v) is 2.04. The minimum atomic E-state index is -4.50. The SMILES string of the molecule is O=C(COc1cccc(C(F)(F)F)c1)NNC(=O)Cc1ccc(Cl)cc1. The van der Waals surface area contributed by atoms with Gasteiger partial charge in [-0.3, -0.25) is 20.4 Å². The van der Waals surface area contributed by atoms with Gasteiger partial charge in [-0.2, -0.15) is 13.2 Å². The summed E-state index contributed by atoms with van der Waals surface area (Å²) < 4.78 is 42.8. The number of carbonyl (C=O) groups excluding carboxylic acids is 2. The first-order valence-electron chi connectivity index (χ1n) is 7.36. The molecule has 0 aliphatic carbocycles. The van der Waals surface area contributed by atoms with Crippen LogP contribution in [0.5, 0.6) is 5.75 Å². The second-order valence-electron chi connectivity index (χ2n) is 5.21. The van der Waals surface area contributed by atoms with Crippen LogP contribution in [0, 0.1) is 0 Å². The van der Waals surface area contributed by atoms with E-state index in [9.17, 15) is 22.8 Å². The van der Waals surface area contributed by atoms with Crippen LogP contribution >= 0.6 is 11.6 Å². The average Bonchev–Trinajstić information content (AvgIpc) is 2.60. The van der Waals surface area contributed by atoms with Crippen LogP contribution in [-0.4, -0.2) is 18.4 Å². The molecule has 2 rings (SSSR count). The number of hydrogen-bond donors (Lipinski definition) is 2. The standard InChI is InChI=1S/C17H14ClF3N2O3/c18-13-6-4-11(5-7-13)8-15(24)22-23-16(25)10-26-14-3-1-2-12(9-14)17(19,20)21/h1-7,9H,8,10H2,(H,22,24)(H,23,25). The van der Waals surface area contributed by atoms with E-state index in [0.717, 1.165) is 12.1 Å². The van der Waals surface area contributed by atoms with Crippen LogP contribution in [0.15, 0.2) is 48.5 Å². The van der Waals surface area contributed by atoms with Crippen molar-refractivity contribution < 1.29 is 27.5 Å². The van der Waals surface area contributed by atoms with Crippen molar-refractivity contribution in [2.45, 2.75) is 12.6 Å². The van der Waals surface area contributed by atoms with Gasteiger partial charge < -0.3 is 4.74 Å². The van der Waals surface area contributed by atoms with Crippen molar-refractivity contribution in [2.75, 3.05) is 6.61 Å². The molecule has 0 spiro atoms. The molecule has 0 unspecified atom stereocenters. The Hall–Kier alpha value is -2.74. The summed E-state index contributed by atoms with van der Waals surface area (Å²) in [6.45, 7) is -0.553. The van der Waals surface area contributed by atoms with Crippen molar-refractivity contribution in [2.24, 2.45) is 0 Å². The summed E-state index contributed by atoms with van der Waals surface area (Å²) in [5, 5.41) is 0.536. The second kappa shape index (κ2) is 8.57. The fourth-order valence-electron chi connectivity index (χ4n) is 1.92. The third kappa shape index (κ3) is 6.29. The zero-order valence-corrected chi connectivity index (χ0v) is 14.0. The van der Waals surface area contributed by atoms with Crippen LogP contribution in [-0.2, 0) is 22.2 Å². The van der Waals surface area contributed by atoms with E-state index >= 15 is 0 Å². The summed E-state index contributed by atoms with van der Waals surface area (Å²) in [7, 11) is 0. The number of hydrazine groups is 1. The van der Waals surface area contributed by atoms with E-state index in [1.165, 1.54) is 12.1 Å². The lowest BCUT2D eigenvalue weighted by atomic mass is 10.1. The molecule has 2 aromatic rings. The molecule has 5 nitrogen and oxygen atoms in total. The van der Waals surface area contributed by atoms with E-state index in [2.05, 4.69) is 10.9 Å². The average molecular weight is 387 g/mol. The Kier molecular flexibility index (Phi) is 6.46. The number of halogens is 4. The smallest absolute Gasteiger partial charge is 0.416 e. The maximum Gasteiger partial charge on any atom is 0.416 e. The quantitative estimate of drug-likeness (QED) is 0.776. The van der Waals surface area contributed by atoms with Crippen LogP contribution in [0.4, 0.5) is 13.2 Å². The molecule has 0 saturated heterocycles. The van der Waals surface area contributed by atoms with E-state index in [1.54, 1.807) is 24.3 Å². The van der Waals surface area contributed by atoms with Gasteiger partial charge >= 0.3 is 6.18 Å². The third-order valence-corrected chi connectivity index (χ3v) is 3.40. The van der Waals surface area contributed by atoms with Gasteiger partial charge in [0.05, 0.1) is 12.0 Å². The molecule has 0 aliphatic rings. The molecular formula is C17H14ClF3N2O3. The molecule has 2 N–H and O–H groups in total. The number of amides is 2. The number of benzene rings is 2.